The largest absolute Gasteiger partial charge is 0.465 e. The van der Waals surface area contributed by atoms with Crippen LogP contribution in [-0.2, 0) is 17.6 Å². The summed E-state index contributed by atoms with van der Waals surface area (Å²) in [6, 6.07) is 17.5. The van der Waals surface area contributed by atoms with Crippen molar-refractivity contribution < 1.29 is 28.3 Å². The Morgan fingerprint density at radius 1 is 1.02 bits per heavy atom. The van der Waals surface area contributed by atoms with E-state index in [4.69, 9.17) is 5.73 Å². The molecule has 0 aliphatic heterocycles. The van der Waals surface area contributed by atoms with Crippen LogP contribution in [0.25, 0.3) is 22.0 Å². The predicted octanol–water partition coefficient (Wildman–Crippen LogP) is 5.36. The maximum atomic E-state index is 14.1. The summed E-state index contributed by atoms with van der Waals surface area (Å²) in [5.74, 6) is -2.51. The van der Waals surface area contributed by atoms with Crippen LogP contribution in [0.1, 0.15) is 33.2 Å². The van der Waals surface area contributed by atoms with Gasteiger partial charge in [0.2, 0.25) is 11.8 Å². The summed E-state index contributed by atoms with van der Waals surface area (Å²) >= 11 is 0. The Morgan fingerprint density at radius 3 is 2.51 bits per heavy atom. The molecule has 218 valence electrons. The number of aromatic amines is 1. The number of hydrogen-bond donors (Lipinski definition) is 4. The number of hydrogen-bond acceptors (Lipinski definition) is 4. The first-order valence-corrected chi connectivity index (χ1v) is 13.2. The Bertz CT molecular complexity index is 1830. The van der Waals surface area contributed by atoms with Crippen molar-refractivity contribution in [3.8, 4) is 11.1 Å². The fraction of sp³-hybridized carbons (Fsp3) is 0.125. The van der Waals surface area contributed by atoms with Gasteiger partial charge in [0.05, 0.1) is 18.2 Å². The van der Waals surface area contributed by atoms with E-state index in [2.05, 4.69) is 15.3 Å². The molecule has 3 amide bonds. The fourth-order valence-corrected chi connectivity index (χ4v) is 5.01. The number of carboxylic acid groups (broad SMARTS) is 1. The molecular weight excluding hydrogens is 556 g/mol. The summed E-state index contributed by atoms with van der Waals surface area (Å²) in [5, 5.41) is 13.0. The van der Waals surface area contributed by atoms with Gasteiger partial charge in [-0.3, -0.25) is 19.5 Å². The lowest BCUT2D eigenvalue weighted by atomic mass is 9.94. The number of rotatable bonds is 9. The van der Waals surface area contributed by atoms with Crippen LogP contribution in [0.2, 0.25) is 0 Å². The third-order valence-electron chi connectivity index (χ3n) is 7.10. The standard InChI is InChI=1S/C32H27F2N5O4/c1-39(32(42)43)24-7-8-27-26(16-24)21(17-37-27)14-29(40)38-28(12-18-10-22(33)15-23(34)11-18)30-25(6-3-9-36-30)19-4-2-5-20(13-19)31(35)41/h2-11,13,15-17,28,37H,12,14H2,1H3,(H2,35,41)(H,38,40)(H,42,43). The molecule has 43 heavy (non-hydrogen) atoms. The molecule has 1 unspecified atom stereocenters. The molecular formula is C32H27F2N5O4. The molecule has 5 rings (SSSR count). The Kier molecular flexibility index (Phi) is 8.15. The van der Waals surface area contributed by atoms with E-state index in [0.29, 0.717) is 39.0 Å². The van der Waals surface area contributed by atoms with E-state index in [9.17, 15) is 28.3 Å². The minimum Gasteiger partial charge on any atom is -0.465 e. The number of pyridine rings is 1. The van der Waals surface area contributed by atoms with Gasteiger partial charge in [0, 0.05) is 53.2 Å². The van der Waals surface area contributed by atoms with Gasteiger partial charge in [-0.05, 0) is 71.6 Å². The van der Waals surface area contributed by atoms with Crippen LogP contribution in [0, 0.1) is 11.6 Å². The average Bonchev–Trinajstić information content (AvgIpc) is 3.37. The number of nitrogens with zero attached hydrogens (tertiary/aromatic N) is 2. The van der Waals surface area contributed by atoms with Crippen LogP contribution in [-0.4, -0.2) is 40.0 Å². The Balaban J connectivity index is 1.50. The molecule has 1 atom stereocenters. The molecule has 3 aromatic carbocycles. The molecule has 0 aliphatic rings. The van der Waals surface area contributed by atoms with Crippen molar-refractivity contribution in [1.82, 2.24) is 15.3 Å². The molecule has 5 aromatic rings. The first-order chi connectivity index (χ1) is 20.6. The van der Waals surface area contributed by atoms with E-state index in [0.717, 1.165) is 16.5 Å². The molecule has 2 heterocycles. The highest BCUT2D eigenvalue weighted by atomic mass is 19.1. The highest BCUT2D eigenvalue weighted by Gasteiger charge is 2.23. The second kappa shape index (κ2) is 12.1. The Hall–Kier alpha value is -5.58. The van der Waals surface area contributed by atoms with Crippen molar-refractivity contribution >= 4 is 34.5 Å². The van der Waals surface area contributed by atoms with Crippen molar-refractivity contribution in [1.29, 1.82) is 0 Å². The molecule has 11 heteroatoms. The normalized spacial score (nSPS) is 11.7. The summed E-state index contributed by atoms with van der Waals surface area (Å²) in [6.45, 7) is 0. The molecule has 0 saturated carbocycles. The lowest BCUT2D eigenvalue weighted by Crippen LogP contribution is -2.32. The zero-order chi connectivity index (χ0) is 30.7. The van der Waals surface area contributed by atoms with Crippen molar-refractivity contribution in [2.24, 2.45) is 5.73 Å². The number of anilines is 1. The van der Waals surface area contributed by atoms with Crippen LogP contribution < -0.4 is 16.0 Å². The van der Waals surface area contributed by atoms with E-state index in [1.54, 1.807) is 67.0 Å². The smallest absolute Gasteiger partial charge is 0.411 e. The van der Waals surface area contributed by atoms with E-state index in [1.165, 1.54) is 19.2 Å². The van der Waals surface area contributed by atoms with Gasteiger partial charge in [-0.15, -0.1) is 0 Å². The van der Waals surface area contributed by atoms with Gasteiger partial charge in [-0.1, -0.05) is 18.2 Å². The molecule has 0 aliphatic carbocycles. The van der Waals surface area contributed by atoms with Crippen molar-refractivity contribution in [3.63, 3.8) is 0 Å². The number of primary amides is 1. The van der Waals surface area contributed by atoms with Gasteiger partial charge in [-0.2, -0.15) is 0 Å². The number of nitrogens with two attached hydrogens (primary N) is 1. The van der Waals surface area contributed by atoms with E-state index in [-0.39, 0.29) is 18.4 Å². The minimum atomic E-state index is -1.13. The highest BCUT2D eigenvalue weighted by Crippen LogP contribution is 2.30. The molecule has 0 saturated heterocycles. The second-order valence-corrected chi connectivity index (χ2v) is 10.0. The van der Waals surface area contributed by atoms with Crippen molar-refractivity contribution in [3.05, 3.63) is 119 Å². The maximum absolute atomic E-state index is 14.1. The summed E-state index contributed by atoms with van der Waals surface area (Å²) in [6.07, 6.45) is 2.03. The van der Waals surface area contributed by atoms with Crippen LogP contribution in [0.5, 0.6) is 0 Å². The minimum absolute atomic E-state index is 0.0153. The summed E-state index contributed by atoms with van der Waals surface area (Å²) in [4.78, 5) is 45.5. The number of amides is 3. The first kappa shape index (κ1) is 28.9. The summed E-state index contributed by atoms with van der Waals surface area (Å²) < 4.78 is 28.2. The topological polar surface area (TPSA) is 141 Å². The van der Waals surface area contributed by atoms with E-state index in [1.807, 2.05) is 0 Å². The zero-order valence-corrected chi connectivity index (χ0v) is 23.0. The molecule has 9 nitrogen and oxygen atoms in total. The van der Waals surface area contributed by atoms with E-state index >= 15 is 0 Å². The summed E-state index contributed by atoms with van der Waals surface area (Å²) in [5.41, 5.74) is 9.49. The monoisotopic (exact) mass is 583 g/mol. The van der Waals surface area contributed by atoms with E-state index < -0.39 is 35.6 Å². The molecule has 2 aromatic heterocycles. The third-order valence-corrected chi connectivity index (χ3v) is 7.10. The maximum Gasteiger partial charge on any atom is 0.411 e. The number of nitrogens with one attached hydrogen (secondary N) is 2. The molecule has 0 fully saturated rings. The lowest BCUT2D eigenvalue weighted by Gasteiger charge is -2.22. The van der Waals surface area contributed by atoms with Crippen molar-refractivity contribution in [2.45, 2.75) is 18.9 Å². The summed E-state index contributed by atoms with van der Waals surface area (Å²) in [7, 11) is 1.42. The quantitative estimate of drug-likeness (QED) is 0.185. The Labute approximate surface area is 245 Å². The number of aromatic nitrogens is 2. The number of carbonyl (C=O) groups is 3. The first-order valence-electron chi connectivity index (χ1n) is 13.2. The van der Waals surface area contributed by atoms with Crippen LogP contribution in [0.3, 0.4) is 0 Å². The van der Waals surface area contributed by atoms with Crippen molar-refractivity contribution in [2.75, 3.05) is 11.9 Å². The van der Waals surface area contributed by atoms with Gasteiger partial charge in [-0.25, -0.2) is 13.6 Å². The van der Waals surface area contributed by atoms with Crippen LogP contribution in [0.4, 0.5) is 19.3 Å². The van der Waals surface area contributed by atoms with Gasteiger partial charge >= 0.3 is 6.09 Å². The molecule has 0 radical (unpaired) electrons. The molecule has 0 bridgehead atoms. The second-order valence-electron chi connectivity index (χ2n) is 10.0. The fourth-order valence-electron chi connectivity index (χ4n) is 5.01. The number of halogens is 2. The van der Waals surface area contributed by atoms with Crippen LogP contribution >= 0.6 is 0 Å². The number of carbonyl (C=O) groups excluding carboxylic acids is 2. The average molecular weight is 584 g/mol. The van der Waals surface area contributed by atoms with Crippen LogP contribution in [0.15, 0.2) is 85.2 Å². The third kappa shape index (κ3) is 6.51. The predicted molar refractivity (Wildman–Crippen MR) is 158 cm³/mol. The SMILES string of the molecule is CN(C(=O)O)c1ccc2[nH]cc(CC(=O)NC(Cc3cc(F)cc(F)c3)c3ncccc3-c3cccc(C(N)=O)c3)c2c1. The number of H-pyrrole nitrogens is 1. The van der Waals surface area contributed by atoms with Gasteiger partial charge in [0.25, 0.3) is 0 Å². The number of fused-ring (bicyclic) bond motifs is 1. The molecule has 5 N–H and O–H groups in total. The van der Waals surface area contributed by atoms with Gasteiger partial charge in [0.1, 0.15) is 11.6 Å². The number of benzene rings is 3. The Morgan fingerprint density at radius 2 is 1.79 bits per heavy atom. The highest BCUT2D eigenvalue weighted by molar-refractivity contribution is 5.95. The molecule has 0 spiro atoms. The zero-order valence-electron chi connectivity index (χ0n) is 23.0. The lowest BCUT2D eigenvalue weighted by molar-refractivity contribution is -0.121. The van der Waals surface area contributed by atoms with Gasteiger partial charge < -0.3 is 21.1 Å². The van der Waals surface area contributed by atoms with Gasteiger partial charge in [0.15, 0.2) is 0 Å².